The maximum atomic E-state index is 0. The molecule has 0 bridgehead atoms. The summed E-state index contributed by atoms with van der Waals surface area (Å²) in [6.45, 7) is 0. The van der Waals surface area contributed by atoms with Crippen LogP contribution in [0.5, 0.6) is 0 Å². The molecule has 0 N–H and O–H groups in total. The predicted octanol–water partition coefficient (Wildman–Crippen LogP) is -2.12. The quantitative estimate of drug-likeness (QED) is 0.349. The molecule has 0 aromatic rings. The summed E-state index contributed by atoms with van der Waals surface area (Å²) in [7, 11) is 0. The van der Waals surface area contributed by atoms with Crippen molar-refractivity contribution in [2.45, 2.75) is 0 Å². The van der Waals surface area contributed by atoms with E-state index in [1.807, 2.05) is 0 Å². The zero-order chi connectivity index (χ0) is 0. The molecule has 9 heteroatoms. The molecule has 0 aromatic carbocycles. The summed E-state index contributed by atoms with van der Waals surface area (Å²) in [5, 5.41) is 0. The molecular formula is Al2Be2O5. The minimum Gasteiger partial charge on any atom is -2.00 e. The van der Waals surface area contributed by atoms with Crippen LogP contribution in [0.1, 0.15) is 0 Å². The molecule has 0 rings (SSSR count). The van der Waals surface area contributed by atoms with Gasteiger partial charge in [-0.15, -0.1) is 0 Å². The molecule has 0 saturated carbocycles. The van der Waals surface area contributed by atoms with E-state index >= 15 is 0 Å². The van der Waals surface area contributed by atoms with Crippen molar-refractivity contribution in [1.29, 1.82) is 0 Å². The summed E-state index contributed by atoms with van der Waals surface area (Å²) in [4.78, 5) is 0. The monoisotopic (exact) mass is 152 g/mol. The Hall–Kier alpha value is 1.20. The smallest absolute Gasteiger partial charge is 2.00 e. The maximum Gasteiger partial charge on any atom is 3.00 e. The SMILES string of the molecule is [Al+3].[Al+3].[Be+2].[Be+2].[O-2].[O-2].[O-2].[O-2].[O-2]. The second kappa shape index (κ2) is 428. The fraction of sp³-hybridized carbons (Fsp3) is 0. The average Bonchev–Trinajstić information content (AvgIpc) is 0. The van der Waals surface area contributed by atoms with Gasteiger partial charge in [0, 0.05) is 0 Å². The first-order valence-corrected chi connectivity index (χ1v) is 0. The van der Waals surface area contributed by atoms with Gasteiger partial charge in [-0.2, -0.15) is 0 Å². The average molecular weight is 152 g/mol. The van der Waals surface area contributed by atoms with Gasteiger partial charge in [0.1, 0.15) is 0 Å². The molecule has 0 atom stereocenters. The summed E-state index contributed by atoms with van der Waals surface area (Å²) in [5.41, 5.74) is 0. The summed E-state index contributed by atoms with van der Waals surface area (Å²) in [6.07, 6.45) is 0. The Morgan fingerprint density at radius 2 is 0.333 bits per heavy atom. The van der Waals surface area contributed by atoms with E-state index in [0.29, 0.717) is 0 Å². The Balaban J connectivity index is 0. The summed E-state index contributed by atoms with van der Waals surface area (Å²) >= 11 is 0. The first-order valence-electron chi connectivity index (χ1n) is 0. The van der Waals surface area contributed by atoms with Gasteiger partial charge in [-0.1, -0.05) is 0 Å². The van der Waals surface area contributed by atoms with Crippen molar-refractivity contribution in [3.63, 3.8) is 0 Å². The van der Waals surface area contributed by atoms with E-state index < -0.39 is 0 Å². The first kappa shape index (κ1) is 597. The van der Waals surface area contributed by atoms with E-state index in [1.165, 1.54) is 0 Å². The summed E-state index contributed by atoms with van der Waals surface area (Å²) in [6, 6.07) is 0. The van der Waals surface area contributed by atoms with Crippen LogP contribution in [0, 0.1) is 0 Å². The van der Waals surface area contributed by atoms with Gasteiger partial charge in [0.25, 0.3) is 0 Å². The zero-order valence-electron chi connectivity index (χ0n) is 4.61. The minimum absolute atomic E-state index is 0. The van der Waals surface area contributed by atoms with E-state index in [-0.39, 0.29) is 82.3 Å². The van der Waals surface area contributed by atoms with E-state index in [0.717, 1.165) is 0 Å². The Bertz CT molecular complexity index is 12.9. The second-order valence-corrected chi connectivity index (χ2v) is 0. The van der Waals surface area contributed by atoms with Gasteiger partial charge in [0.2, 0.25) is 0 Å². The summed E-state index contributed by atoms with van der Waals surface area (Å²) in [5.74, 6) is 0. The molecular weight excluding hydrogens is 152 g/mol. The molecule has 0 aliphatic rings. The van der Waals surface area contributed by atoms with Crippen LogP contribution in [-0.2, 0) is 27.4 Å². The van der Waals surface area contributed by atoms with Crippen LogP contribution in [0.3, 0.4) is 0 Å². The Kier molecular flexibility index (Phi) is 28400. The van der Waals surface area contributed by atoms with Crippen LogP contribution in [0.2, 0.25) is 0 Å². The molecule has 0 radical (unpaired) electrons. The van der Waals surface area contributed by atoms with Crippen LogP contribution in [0.15, 0.2) is 0 Å². The maximum absolute atomic E-state index is 0. The molecule has 0 saturated heterocycles. The Morgan fingerprint density at radius 1 is 0.333 bits per heavy atom. The standard InChI is InChI=1S/2Al.2Be.5O/q2*+3;2*+2;5*-2. The van der Waals surface area contributed by atoms with Gasteiger partial charge in [-0.05, 0) is 0 Å². The van der Waals surface area contributed by atoms with Crippen LogP contribution < -0.4 is 0 Å². The van der Waals surface area contributed by atoms with Crippen molar-refractivity contribution in [2.75, 3.05) is 0 Å². The molecule has 5 nitrogen and oxygen atoms in total. The molecule has 9 heavy (non-hydrogen) atoms. The van der Waals surface area contributed by atoms with Crippen LogP contribution in [0.4, 0.5) is 0 Å². The van der Waals surface area contributed by atoms with Crippen LogP contribution in [0.25, 0.3) is 0 Å². The third-order valence-electron chi connectivity index (χ3n) is 0. The van der Waals surface area contributed by atoms with Crippen molar-refractivity contribution in [3.8, 4) is 0 Å². The van der Waals surface area contributed by atoms with Crippen molar-refractivity contribution in [1.82, 2.24) is 0 Å². The molecule has 0 spiro atoms. The van der Waals surface area contributed by atoms with Crippen LogP contribution in [-0.4, -0.2) is 55.0 Å². The van der Waals surface area contributed by atoms with Gasteiger partial charge in [0.15, 0.2) is 0 Å². The van der Waals surface area contributed by atoms with Gasteiger partial charge >= 0.3 is 55.0 Å². The van der Waals surface area contributed by atoms with Gasteiger partial charge in [0.05, 0.1) is 0 Å². The minimum atomic E-state index is 0. The van der Waals surface area contributed by atoms with Crippen molar-refractivity contribution < 1.29 is 27.4 Å². The third kappa shape index (κ3) is 330. The first-order chi connectivity index (χ1) is 0. The van der Waals surface area contributed by atoms with Crippen molar-refractivity contribution in [2.24, 2.45) is 0 Å². The van der Waals surface area contributed by atoms with Gasteiger partial charge in [-0.3, -0.25) is 0 Å². The summed E-state index contributed by atoms with van der Waals surface area (Å²) < 4.78 is 0. The molecule has 40 valence electrons. The number of hydrogen-bond donors (Lipinski definition) is 0. The topological polar surface area (TPSA) is 142 Å². The van der Waals surface area contributed by atoms with Crippen LogP contribution >= 0.6 is 0 Å². The molecule has 0 aliphatic heterocycles. The third-order valence-corrected chi connectivity index (χ3v) is 0. The van der Waals surface area contributed by atoms with Gasteiger partial charge in [-0.25, -0.2) is 0 Å². The predicted molar refractivity (Wildman–Crippen MR) is 26.4 cm³/mol. The zero-order valence-corrected chi connectivity index (χ0v) is 6.92. The Labute approximate surface area is 82.4 Å². The molecule has 0 aliphatic carbocycles. The molecule has 0 aromatic heterocycles. The largest absolute Gasteiger partial charge is 3.00 e. The normalized spacial score (nSPS) is 0. The second-order valence-electron chi connectivity index (χ2n) is 0. The molecule has 0 heterocycles. The number of rotatable bonds is 0. The van der Waals surface area contributed by atoms with Gasteiger partial charge < -0.3 is 27.4 Å². The van der Waals surface area contributed by atoms with E-state index in [2.05, 4.69) is 0 Å². The van der Waals surface area contributed by atoms with E-state index in [1.54, 1.807) is 0 Å². The Morgan fingerprint density at radius 3 is 0.333 bits per heavy atom. The fourth-order valence-corrected chi connectivity index (χ4v) is 0. The molecule has 0 amide bonds. The molecule has 0 fully saturated rings. The van der Waals surface area contributed by atoms with E-state index in [9.17, 15) is 0 Å². The fourth-order valence-electron chi connectivity index (χ4n) is 0. The van der Waals surface area contributed by atoms with Crippen molar-refractivity contribution >= 4 is 55.0 Å². The van der Waals surface area contributed by atoms with E-state index in [4.69, 9.17) is 0 Å². The number of hydrogen-bond acceptors (Lipinski definition) is 0. The molecule has 0 unspecified atom stereocenters. The van der Waals surface area contributed by atoms with Crippen molar-refractivity contribution in [3.05, 3.63) is 0 Å².